The first kappa shape index (κ1) is 20.2. The number of carbonyl (C=O) groups excluding carboxylic acids is 1. The highest BCUT2D eigenvalue weighted by atomic mass is 16.4. The number of amides is 1. The molecule has 5 nitrogen and oxygen atoms in total. The Balaban J connectivity index is 0.000000272. The van der Waals surface area contributed by atoms with Crippen molar-refractivity contribution in [2.75, 3.05) is 6.54 Å². The highest BCUT2D eigenvalue weighted by Gasteiger charge is 2.36. The van der Waals surface area contributed by atoms with Gasteiger partial charge < -0.3 is 15.7 Å². The molecule has 0 saturated carbocycles. The van der Waals surface area contributed by atoms with E-state index in [1.165, 1.54) is 10.5 Å². The van der Waals surface area contributed by atoms with E-state index < -0.39 is 12.0 Å². The summed E-state index contributed by atoms with van der Waals surface area (Å²) in [6, 6.07) is 9.59. The summed E-state index contributed by atoms with van der Waals surface area (Å²) < 4.78 is 0. The minimum Gasteiger partial charge on any atom is -0.480 e. The Morgan fingerprint density at radius 1 is 1.33 bits per heavy atom. The van der Waals surface area contributed by atoms with Gasteiger partial charge in [-0.3, -0.25) is 4.79 Å². The van der Waals surface area contributed by atoms with Crippen LogP contribution in [0.1, 0.15) is 58.1 Å². The average molecular weight is 334 g/mol. The maximum absolute atomic E-state index is 11.6. The largest absolute Gasteiger partial charge is 0.480 e. The summed E-state index contributed by atoms with van der Waals surface area (Å²) in [5.41, 5.74) is 6.81. The number of rotatable bonds is 6. The molecule has 0 radical (unpaired) electrons. The number of benzene rings is 1. The van der Waals surface area contributed by atoms with Crippen LogP contribution >= 0.6 is 0 Å². The molecule has 0 spiro atoms. The SMILES string of the molecule is CCC[C@@H]1CC(=O)N([C@@H](CC)C(=O)O)C1.C[C@@H](N)c1ccccc1. The second-order valence-electron chi connectivity index (χ2n) is 6.37. The van der Waals surface area contributed by atoms with Crippen molar-refractivity contribution in [2.24, 2.45) is 11.7 Å². The summed E-state index contributed by atoms with van der Waals surface area (Å²) in [4.78, 5) is 24.1. The van der Waals surface area contributed by atoms with Gasteiger partial charge in [-0.15, -0.1) is 0 Å². The Hall–Kier alpha value is -1.88. The van der Waals surface area contributed by atoms with Gasteiger partial charge in [0.25, 0.3) is 0 Å². The molecule has 0 aliphatic carbocycles. The molecular formula is C19H30N2O3. The summed E-state index contributed by atoms with van der Waals surface area (Å²) >= 11 is 0. The maximum atomic E-state index is 11.6. The van der Waals surface area contributed by atoms with Gasteiger partial charge in [-0.1, -0.05) is 50.6 Å². The number of carboxylic acid groups (broad SMARTS) is 1. The number of hydrogen-bond acceptors (Lipinski definition) is 3. The topological polar surface area (TPSA) is 83.6 Å². The van der Waals surface area contributed by atoms with Crippen molar-refractivity contribution >= 4 is 11.9 Å². The van der Waals surface area contributed by atoms with Crippen LogP contribution in [-0.4, -0.2) is 34.5 Å². The molecule has 1 fully saturated rings. The van der Waals surface area contributed by atoms with Gasteiger partial charge >= 0.3 is 5.97 Å². The smallest absolute Gasteiger partial charge is 0.326 e. The lowest BCUT2D eigenvalue weighted by Crippen LogP contribution is -2.41. The number of likely N-dealkylation sites (tertiary alicyclic amines) is 1. The van der Waals surface area contributed by atoms with E-state index in [1.807, 2.05) is 37.3 Å². The summed E-state index contributed by atoms with van der Waals surface area (Å²) in [5.74, 6) is -0.526. The van der Waals surface area contributed by atoms with Gasteiger partial charge in [0.1, 0.15) is 6.04 Å². The van der Waals surface area contributed by atoms with Crippen LogP contribution in [0.2, 0.25) is 0 Å². The van der Waals surface area contributed by atoms with Crippen LogP contribution in [0.3, 0.4) is 0 Å². The van der Waals surface area contributed by atoms with E-state index in [0.717, 1.165) is 12.8 Å². The number of aliphatic carboxylic acids is 1. The van der Waals surface area contributed by atoms with E-state index in [4.69, 9.17) is 10.8 Å². The highest BCUT2D eigenvalue weighted by molar-refractivity contribution is 5.85. The number of nitrogens with two attached hydrogens (primary N) is 1. The van der Waals surface area contributed by atoms with E-state index in [1.54, 1.807) is 6.92 Å². The molecule has 24 heavy (non-hydrogen) atoms. The fourth-order valence-corrected chi connectivity index (χ4v) is 3.00. The van der Waals surface area contributed by atoms with Crippen molar-refractivity contribution in [1.82, 2.24) is 4.90 Å². The first-order valence-corrected chi connectivity index (χ1v) is 8.73. The third-order valence-electron chi connectivity index (χ3n) is 4.31. The Kier molecular flexibility index (Phi) is 8.47. The molecule has 5 heteroatoms. The molecule has 1 heterocycles. The number of carbonyl (C=O) groups is 2. The van der Waals surface area contributed by atoms with Gasteiger partial charge in [-0.25, -0.2) is 4.79 Å². The molecule has 0 bridgehead atoms. The summed E-state index contributed by atoms with van der Waals surface area (Å²) in [6.45, 7) is 6.49. The molecule has 1 saturated heterocycles. The fraction of sp³-hybridized carbons (Fsp3) is 0.579. The molecule has 1 aromatic rings. The number of hydrogen-bond donors (Lipinski definition) is 2. The zero-order valence-corrected chi connectivity index (χ0v) is 14.9. The van der Waals surface area contributed by atoms with Crippen molar-refractivity contribution in [3.05, 3.63) is 35.9 Å². The zero-order chi connectivity index (χ0) is 18.1. The lowest BCUT2D eigenvalue weighted by molar-refractivity contribution is -0.148. The third kappa shape index (κ3) is 5.96. The van der Waals surface area contributed by atoms with Crippen molar-refractivity contribution in [1.29, 1.82) is 0 Å². The van der Waals surface area contributed by atoms with Gasteiger partial charge in [0.15, 0.2) is 0 Å². The second kappa shape index (κ2) is 10.1. The predicted octanol–water partition coefficient (Wildman–Crippen LogP) is 3.20. The van der Waals surface area contributed by atoms with Gasteiger partial charge in [0.05, 0.1) is 0 Å². The first-order valence-electron chi connectivity index (χ1n) is 8.73. The Bertz CT molecular complexity index is 517. The molecule has 3 N–H and O–H groups in total. The molecule has 0 unspecified atom stereocenters. The molecule has 134 valence electrons. The predicted molar refractivity (Wildman–Crippen MR) is 95.5 cm³/mol. The summed E-state index contributed by atoms with van der Waals surface area (Å²) in [7, 11) is 0. The van der Waals surface area contributed by atoms with E-state index in [2.05, 4.69) is 6.92 Å². The normalized spacial score (nSPS) is 19.4. The minimum absolute atomic E-state index is 0.00250. The Morgan fingerprint density at radius 2 is 1.96 bits per heavy atom. The molecule has 1 aromatic carbocycles. The van der Waals surface area contributed by atoms with Crippen LogP contribution in [0.25, 0.3) is 0 Å². The summed E-state index contributed by atoms with van der Waals surface area (Å²) in [6.07, 6.45) is 3.07. The molecule has 3 atom stereocenters. The maximum Gasteiger partial charge on any atom is 0.326 e. The zero-order valence-electron chi connectivity index (χ0n) is 14.9. The molecule has 1 amide bonds. The molecule has 1 aliphatic rings. The van der Waals surface area contributed by atoms with Crippen LogP contribution < -0.4 is 5.73 Å². The lowest BCUT2D eigenvalue weighted by atomic mass is 10.0. The highest BCUT2D eigenvalue weighted by Crippen LogP contribution is 2.24. The monoisotopic (exact) mass is 334 g/mol. The van der Waals surface area contributed by atoms with Gasteiger partial charge in [0, 0.05) is 19.0 Å². The van der Waals surface area contributed by atoms with E-state index in [0.29, 0.717) is 25.3 Å². The third-order valence-corrected chi connectivity index (χ3v) is 4.31. The van der Waals surface area contributed by atoms with Crippen molar-refractivity contribution in [3.63, 3.8) is 0 Å². The minimum atomic E-state index is -0.886. The standard InChI is InChI=1S/C11H19NO3.C8H11N/c1-3-5-8-6-10(13)12(7-8)9(4-2)11(14)15;1-7(9)8-5-3-2-4-6-8/h8-9H,3-7H2,1-2H3,(H,14,15);2-7H,9H2,1H3/t8-,9+;7-/m11/s1. The van der Waals surface area contributed by atoms with E-state index in [9.17, 15) is 9.59 Å². The van der Waals surface area contributed by atoms with Crippen LogP contribution in [0, 0.1) is 5.92 Å². The van der Waals surface area contributed by atoms with Crippen LogP contribution in [-0.2, 0) is 9.59 Å². The van der Waals surface area contributed by atoms with Crippen LogP contribution in [0.5, 0.6) is 0 Å². The van der Waals surface area contributed by atoms with Crippen molar-refractivity contribution < 1.29 is 14.7 Å². The van der Waals surface area contributed by atoms with Crippen molar-refractivity contribution in [3.8, 4) is 0 Å². The van der Waals surface area contributed by atoms with Crippen LogP contribution in [0.15, 0.2) is 30.3 Å². The number of carboxylic acids is 1. The van der Waals surface area contributed by atoms with Gasteiger partial charge in [0.2, 0.25) is 5.91 Å². The van der Waals surface area contributed by atoms with E-state index >= 15 is 0 Å². The molecule has 2 rings (SSSR count). The van der Waals surface area contributed by atoms with Gasteiger partial charge in [-0.05, 0) is 31.2 Å². The van der Waals surface area contributed by atoms with Crippen molar-refractivity contribution in [2.45, 2.75) is 58.5 Å². The molecular weight excluding hydrogens is 304 g/mol. The Labute approximate surface area is 144 Å². The Morgan fingerprint density at radius 3 is 2.38 bits per heavy atom. The summed E-state index contributed by atoms with van der Waals surface area (Å²) in [5, 5.41) is 8.97. The molecule has 0 aromatic heterocycles. The first-order chi connectivity index (χ1) is 11.4. The number of nitrogens with zero attached hydrogens (tertiary/aromatic N) is 1. The quantitative estimate of drug-likeness (QED) is 0.837. The average Bonchev–Trinajstić information content (AvgIpc) is 2.90. The van der Waals surface area contributed by atoms with Gasteiger partial charge in [-0.2, -0.15) is 0 Å². The van der Waals surface area contributed by atoms with E-state index in [-0.39, 0.29) is 11.9 Å². The van der Waals surface area contributed by atoms with Crippen LogP contribution in [0.4, 0.5) is 0 Å². The fourth-order valence-electron chi connectivity index (χ4n) is 3.00. The lowest BCUT2D eigenvalue weighted by Gasteiger charge is -2.23. The molecule has 1 aliphatic heterocycles. The second-order valence-corrected chi connectivity index (χ2v) is 6.37.